The largest absolute Gasteiger partial charge is 0.487 e. The van der Waals surface area contributed by atoms with Crippen LogP contribution in [-0.4, -0.2) is 35.6 Å². The first-order chi connectivity index (χ1) is 9.45. The van der Waals surface area contributed by atoms with Crippen molar-refractivity contribution in [3.63, 3.8) is 0 Å². The lowest BCUT2D eigenvalue weighted by Crippen LogP contribution is -2.18. The van der Waals surface area contributed by atoms with E-state index >= 15 is 0 Å². The maximum absolute atomic E-state index is 11.0. The van der Waals surface area contributed by atoms with Crippen molar-refractivity contribution >= 4 is 17.6 Å². The number of benzene rings is 1. The van der Waals surface area contributed by atoms with E-state index in [1.54, 1.807) is 0 Å². The van der Waals surface area contributed by atoms with E-state index < -0.39 is 10.9 Å². The number of amides is 1. The van der Waals surface area contributed by atoms with E-state index in [0.717, 1.165) is 18.2 Å². The standard InChI is InChI=1S/C12H14N2O6/c1-13-11(15)3-2-6-20-10-7-8(12(16)17)4-5-9(10)14(18)19/h4-5,7H,2-3,6H2,1H3,(H,13,15)(H,16,17). The number of carbonyl (C=O) groups excluding carboxylic acids is 1. The second-order valence-corrected chi connectivity index (χ2v) is 3.87. The van der Waals surface area contributed by atoms with Crippen LogP contribution >= 0.6 is 0 Å². The van der Waals surface area contributed by atoms with Gasteiger partial charge >= 0.3 is 11.7 Å². The summed E-state index contributed by atoms with van der Waals surface area (Å²) in [5, 5.41) is 22.1. The van der Waals surface area contributed by atoms with E-state index in [2.05, 4.69) is 5.32 Å². The maximum atomic E-state index is 11.0. The minimum atomic E-state index is -1.20. The SMILES string of the molecule is CNC(=O)CCCOc1cc(C(=O)O)ccc1[N+](=O)[O-]. The van der Waals surface area contributed by atoms with Crippen molar-refractivity contribution in [2.75, 3.05) is 13.7 Å². The van der Waals surface area contributed by atoms with Gasteiger partial charge in [-0.2, -0.15) is 0 Å². The van der Waals surface area contributed by atoms with Crippen molar-refractivity contribution in [3.8, 4) is 5.75 Å². The molecule has 0 spiro atoms. The molecule has 0 fully saturated rings. The number of nitro groups is 1. The van der Waals surface area contributed by atoms with Crippen LogP contribution in [0.25, 0.3) is 0 Å². The average molecular weight is 282 g/mol. The van der Waals surface area contributed by atoms with Crippen LogP contribution in [0.3, 0.4) is 0 Å². The zero-order valence-electron chi connectivity index (χ0n) is 10.8. The summed E-state index contributed by atoms with van der Waals surface area (Å²) < 4.78 is 5.20. The highest BCUT2D eigenvalue weighted by Crippen LogP contribution is 2.28. The normalized spacial score (nSPS) is 9.85. The predicted molar refractivity (Wildman–Crippen MR) is 68.9 cm³/mol. The third-order valence-corrected chi connectivity index (χ3v) is 2.49. The molecule has 1 aromatic carbocycles. The number of aromatic carboxylic acids is 1. The third-order valence-electron chi connectivity index (χ3n) is 2.49. The van der Waals surface area contributed by atoms with E-state index in [9.17, 15) is 19.7 Å². The molecule has 0 atom stereocenters. The summed E-state index contributed by atoms with van der Waals surface area (Å²) in [5.74, 6) is -1.48. The Morgan fingerprint density at radius 2 is 2.15 bits per heavy atom. The van der Waals surface area contributed by atoms with E-state index in [0.29, 0.717) is 6.42 Å². The van der Waals surface area contributed by atoms with Gasteiger partial charge in [0.1, 0.15) is 0 Å². The molecule has 20 heavy (non-hydrogen) atoms. The summed E-state index contributed by atoms with van der Waals surface area (Å²) in [4.78, 5) is 32.0. The van der Waals surface area contributed by atoms with Crippen molar-refractivity contribution in [2.45, 2.75) is 12.8 Å². The van der Waals surface area contributed by atoms with Crippen molar-refractivity contribution in [2.24, 2.45) is 0 Å². The highest BCUT2D eigenvalue weighted by atomic mass is 16.6. The fraction of sp³-hybridized carbons (Fsp3) is 0.333. The van der Waals surface area contributed by atoms with Gasteiger partial charge in [-0.15, -0.1) is 0 Å². The first kappa shape index (κ1) is 15.4. The number of nitro benzene ring substituents is 1. The van der Waals surface area contributed by atoms with Gasteiger partial charge in [0.2, 0.25) is 5.91 Å². The van der Waals surface area contributed by atoms with Gasteiger partial charge in [0.25, 0.3) is 0 Å². The molecule has 0 saturated heterocycles. The third kappa shape index (κ3) is 4.23. The summed E-state index contributed by atoms with van der Waals surface area (Å²) in [6.45, 7) is 0.0807. The van der Waals surface area contributed by atoms with Gasteiger partial charge < -0.3 is 15.2 Å². The molecule has 0 heterocycles. The first-order valence-electron chi connectivity index (χ1n) is 5.80. The van der Waals surface area contributed by atoms with Crippen molar-refractivity contribution in [3.05, 3.63) is 33.9 Å². The van der Waals surface area contributed by atoms with Gasteiger partial charge in [-0.3, -0.25) is 14.9 Å². The number of nitrogens with zero attached hydrogens (tertiary/aromatic N) is 1. The van der Waals surface area contributed by atoms with Crippen LogP contribution in [0.1, 0.15) is 23.2 Å². The Balaban J connectivity index is 2.75. The second-order valence-electron chi connectivity index (χ2n) is 3.87. The molecule has 2 N–H and O–H groups in total. The smallest absolute Gasteiger partial charge is 0.335 e. The number of hydrogen-bond acceptors (Lipinski definition) is 5. The number of carboxylic acids is 1. The summed E-state index contributed by atoms with van der Waals surface area (Å²) in [6.07, 6.45) is 0.594. The Morgan fingerprint density at radius 3 is 2.70 bits per heavy atom. The topological polar surface area (TPSA) is 119 Å². The number of hydrogen-bond donors (Lipinski definition) is 2. The lowest BCUT2D eigenvalue weighted by Gasteiger charge is -2.07. The van der Waals surface area contributed by atoms with Crippen LogP contribution in [0, 0.1) is 10.1 Å². The summed E-state index contributed by atoms with van der Waals surface area (Å²) >= 11 is 0. The van der Waals surface area contributed by atoms with Crippen LogP contribution in [-0.2, 0) is 4.79 Å². The van der Waals surface area contributed by atoms with Gasteiger partial charge in [-0.1, -0.05) is 0 Å². The molecular formula is C12H14N2O6. The number of ether oxygens (including phenoxy) is 1. The van der Waals surface area contributed by atoms with Gasteiger partial charge in [-0.05, 0) is 12.5 Å². The monoisotopic (exact) mass is 282 g/mol. The van der Waals surface area contributed by atoms with E-state index in [1.165, 1.54) is 7.05 Å². The zero-order valence-corrected chi connectivity index (χ0v) is 10.8. The molecule has 0 aliphatic carbocycles. The average Bonchev–Trinajstić information content (AvgIpc) is 2.42. The molecule has 0 unspecified atom stereocenters. The molecule has 0 bridgehead atoms. The van der Waals surface area contributed by atoms with Crippen LogP contribution in [0.5, 0.6) is 5.75 Å². The lowest BCUT2D eigenvalue weighted by atomic mass is 10.2. The summed E-state index contributed by atoms with van der Waals surface area (Å²) in [5.41, 5.74) is -0.410. The molecular weight excluding hydrogens is 268 g/mol. The van der Waals surface area contributed by atoms with Crippen LogP contribution in [0.4, 0.5) is 5.69 Å². The minimum Gasteiger partial charge on any atom is -0.487 e. The summed E-state index contributed by atoms with van der Waals surface area (Å²) in [6, 6.07) is 3.32. The van der Waals surface area contributed by atoms with Gasteiger partial charge in [0, 0.05) is 25.6 Å². The van der Waals surface area contributed by atoms with Crippen LogP contribution in [0.2, 0.25) is 0 Å². The molecule has 1 rings (SSSR count). The second kappa shape index (κ2) is 7.07. The highest BCUT2D eigenvalue weighted by Gasteiger charge is 2.17. The van der Waals surface area contributed by atoms with E-state index in [-0.39, 0.29) is 35.9 Å². The number of carboxylic acid groups (broad SMARTS) is 1. The summed E-state index contributed by atoms with van der Waals surface area (Å²) in [7, 11) is 1.50. The Labute approximate surface area is 114 Å². The molecule has 1 amide bonds. The van der Waals surface area contributed by atoms with Crippen molar-refractivity contribution < 1.29 is 24.4 Å². The van der Waals surface area contributed by atoms with Gasteiger partial charge in [-0.25, -0.2) is 4.79 Å². The van der Waals surface area contributed by atoms with Gasteiger partial charge in [0.15, 0.2) is 5.75 Å². The Bertz CT molecular complexity index is 529. The molecule has 0 radical (unpaired) electrons. The fourth-order valence-corrected chi connectivity index (χ4v) is 1.45. The molecule has 8 heteroatoms. The van der Waals surface area contributed by atoms with Gasteiger partial charge in [0.05, 0.1) is 17.1 Å². The minimum absolute atomic E-state index is 0.0807. The maximum Gasteiger partial charge on any atom is 0.335 e. The molecule has 0 aliphatic rings. The molecule has 8 nitrogen and oxygen atoms in total. The molecule has 108 valence electrons. The van der Waals surface area contributed by atoms with E-state index in [4.69, 9.17) is 9.84 Å². The van der Waals surface area contributed by atoms with Crippen LogP contribution < -0.4 is 10.1 Å². The zero-order chi connectivity index (χ0) is 15.1. The Morgan fingerprint density at radius 1 is 1.45 bits per heavy atom. The Kier molecular flexibility index (Phi) is 5.45. The number of carbonyl (C=O) groups is 2. The molecule has 0 aromatic heterocycles. The molecule has 1 aromatic rings. The lowest BCUT2D eigenvalue weighted by molar-refractivity contribution is -0.385. The fourth-order valence-electron chi connectivity index (χ4n) is 1.45. The van der Waals surface area contributed by atoms with E-state index in [1.807, 2.05) is 0 Å². The van der Waals surface area contributed by atoms with Crippen LogP contribution in [0.15, 0.2) is 18.2 Å². The predicted octanol–water partition coefficient (Wildman–Crippen LogP) is 1.20. The Hall–Kier alpha value is -2.64. The molecule has 0 saturated carbocycles. The van der Waals surface area contributed by atoms with Crippen molar-refractivity contribution in [1.29, 1.82) is 0 Å². The highest BCUT2D eigenvalue weighted by molar-refractivity contribution is 5.88. The number of nitrogens with one attached hydrogen (secondary N) is 1. The first-order valence-corrected chi connectivity index (χ1v) is 5.80. The number of rotatable bonds is 7. The quantitative estimate of drug-likeness (QED) is 0.440. The molecule has 0 aliphatic heterocycles. The van der Waals surface area contributed by atoms with Crippen molar-refractivity contribution in [1.82, 2.24) is 5.32 Å².